The van der Waals surface area contributed by atoms with Gasteiger partial charge in [-0.3, -0.25) is 4.98 Å². The van der Waals surface area contributed by atoms with Gasteiger partial charge in [-0.2, -0.15) is 0 Å². The van der Waals surface area contributed by atoms with E-state index in [1.807, 2.05) is 27.7 Å². The van der Waals surface area contributed by atoms with Crippen molar-refractivity contribution in [2.24, 2.45) is 0 Å². The van der Waals surface area contributed by atoms with Crippen molar-refractivity contribution in [3.63, 3.8) is 0 Å². The Kier molecular flexibility index (Phi) is 3.42. The summed E-state index contributed by atoms with van der Waals surface area (Å²) in [6.45, 7) is 7.72. The van der Waals surface area contributed by atoms with Gasteiger partial charge in [-0.1, -0.05) is 6.07 Å². The number of nitrogens with one attached hydrogen (secondary N) is 1. The van der Waals surface area contributed by atoms with Crippen LogP contribution in [0.5, 0.6) is 0 Å². The lowest BCUT2D eigenvalue weighted by molar-refractivity contribution is 0.00578. The highest BCUT2D eigenvalue weighted by atomic mass is 16.7. The minimum Gasteiger partial charge on any atom is -0.465 e. The number of carbonyl (C=O) groups excluding carboxylic acids is 1. The Balaban J connectivity index is 2.14. The largest absolute Gasteiger partial charge is 0.498 e. The molecule has 1 saturated heterocycles. The Morgan fingerprint density at radius 2 is 1.78 bits per heavy atom. The molecule has 1 aliphatic heterocycles. The zero-order valence-corrected chi connectivity index (χ0v) is 13.7. The second-order valence-electron chi connectivity index (χ2n) is 6.50. The summed E-state index contributed by atoms with van der Waals surface area (Å²) in [5, 5.41) is 0. The number of hydrogen-bond acceptors (Lipinski definition) is 6. The summed E-state index contributed by atoms with van der Waals surface area (Å²) in [5.74, 6) is -1.22. The van der Waals surface area contributed by atoms with Crippen LogP contribution in [0.3, 0.4) is 0 Å². The SMILES string of the molecule is COC(=O)c1ccc(B2OC(C)(C)C(C)(C)O2)c2oc(=O)[nH]c12. The van der Waals surface area contributed by atoms with Gasteiger partial charge >= 0.3 is 18.8 Å². The molecule has 0 bridgehead atoms. The highest BCUT2D eigenvalue weighted by Crippen LogP contribution is 2.37. The average Bonchev–Trinajstić information content (AvgIpc) is 2.93. The van der Waals surface area contributed by atoms with Crippen LogP contribution in [0.4, 0.5) is 0 Å². The molecule has 1 aliphatic rings. The van der Waals surface area contributed by atoms with Gasteiger partial charge in [0, 0.05) is 5.46 Å². The van der Waals surface area contributed by atoms with Crippen molar-refractivity contribution < 1.29 is 23.3 Å². The highest BCUT2D eigenvalue weighted by molar-refractivity contribution is 6.64. The molecule has 0 amide bonds. The van der Waals surface area contributed by atoms with Crippen molar-refractivity contribution in [1.82, 2.24) is 4.98 Å². The summed E-state index contributed by atoms with van der Waals surface area (Å²) in [7, 11) is 0.572. The maximum absolute atomic E-state index is 11.8. The quantitative estimate of drug-likeness (QED) is 0.661. The van der Waals surface area contributed by atoms with Gasteiger partial charge in [-0.25, -0.2) is 9.59 Å². The van der Waals surface area contributed by atoms with Crippen molar-refractivity contribution in [2.75, 3.05) is 7.11 Å². The zero-order chi connectivity index (χ0) is 17.0. The molecular weight excluding hydrogens is 301 g/mol. The first kappa shape index (κ1) is 15.8. The molecule has 2 aromatic rings. The standard InChI is InChI=1S/C15H18BNO6/c1-14(2)15(3,4)23-16(22-14)9-7-6-8(12(18)20-5)10-11(9)21-13(19)17-10/h6-7H,1-5H3,(H,17,19). The van der Waals surface area contributed by atoms with Crippen LogP contribution in [-0.2, 0) is 14.0 Å². The van der Waals surface area contributed by atoms with Crippen LogP contribution >= 0.6 is 0 Å². The first-order valence-electron chi connectivity index (χ1n) is 7.26. The first-order chi connectivity index (χ1) is 10.7. The fraction of sp³-hybridized carbons (Fsp3) is 0.467. The number of esters is 1. The molecule has 0 aliphatic carbocycles. The van der Waals surface area contributed by atoms with Crippen LogP contribution in [0.2, 0.25) is 0 Å². The van der Waals surface area contributed by atoms with E-state index >= 15 is 0 Å². The number of benzene rings is 1. The molecule has 1 aromatic heterocycles. The van der Waals surface area contributed by atoms with Crippen LogP contribution < -0.4 is 11.2 Å². The third-order valence-corrected chi connectivity index (χ3v) is 4.52. The third-order valence-electron chi connectivity index (χ3n) is 4.52. The van der Waals surface area contributed by atoms with E-state index in [9.17, 15) is 9.59 Å². The summed E-state index contributed by atoms with van der Waals surface area (Å²) in [6.07, 6.45) is 0. The van der Waals surface area contributed by atoms with Gasteiger partial charge in [0.2, 0.25) is 0 Å². The highest BCUT2D eigenvalue weighted by Gasteiger charge is 2.52. The van der Waals surface area contributed by atoms with Crippen LogP contribution in [0.15, 0.2) is 21.3 Å². The summed E-state index contributed by atoms with van der Waals surface area (Å²) < 4.78 is 21.9. The van der Waals surface area contributed by atoms with E-state index in [-0.39, 0.29) is 16.7 Å². The van der Waals surface area contributed by atoms with E-state index in [2.05, 4.69) is 4.98 Å². The molecule has 3 rings (SSSR count). The molecular formula is C15H18BNO6. The lowest BCUT2D eigenvalue weighted by Gasteiger charge is -2.32. The average molecular weight is 319 g/mol. The van der Waals surface area contributed by atoms with Crippen LogP contribution in [0.25, 0.3) is 11.1 Å². The zero-order valence-electron chi connectivity index (χ0n) is 13.7. The minimum atomic E-state index is -0.701. The number of rotatable bonds is 2. The monoisotopic (exact) mass is 319 g/mol. The van der Waals surface area contributed by atoms with Crippen molar-refractivity contribution in [2.45, 2.75) is 38.9 Å². The van der Waals surface area contributed by atoms with E-state index in [1.165, 1.54) is 7.11 Å². The lowest BCUT2D eigenvalue weighted by atomic mass is 9.78. The second-order valence-corrected chi connectivity index (χ2v) is 6.50. The van der Waals surface area contributed by atoms with Gasteiger partial charge in [-0.15, -0.1) is 0 Å². The normalized spacial score (nSPS) is 19.3. The van der Waals surface area contributed by atoms with Gasteiger partial charge in [-0.05, 0) is 33.8 Å². The number of aromatic nitrogens is 1. The van der Waals surface area contributed by atoms with Crippen molar-refractivity contribution in [3.05, 3.63) is 28.2 Å². The molecule has 1 fully saturated rings. The molecule has 0 unspecified atom stereocenters. The number of carbonyl (C=O) groups is 1. The van der Waals surface area contributed by atoms with Crippen LogP contribution in [0, 0.1) is 0 Å². The Morgan fingerprint density at radius 1 is 1.17 bits per heavy atom. The van der Waals surface area contributed by atoms with Crippen LogP contribution in [0.1, 0.15) is 38.1 Å². The van der Waals surface area contributed by atoms with Gasteiger partial charge in [0.1, 0.15) is 5.52 Å². The lowest BCUT2D eigenvalue weighted by Crippen LogP contribution is -2.41. The molecule has 8 heteroatoms. The van der Waals surface area contributed by atoms with Gasteiger partial charge in [0.25, 0.3) is 0 Å². The van der Waals surface area contributed by atoms with Crippen molar-refractivity contribution >= 4 is 29.7 Å². The molecule has 0 spiro atoms. The number of methoxy groups -OCH3 is 1. The van der Waals surface area contributed by atoms with Crippen LogP contribution in [-0.4, -0.2) is 36.4 Å². The fourth-order valence-corrected chi connectivity index (χ4v) is 2.49. The maximum Gasteiger partial charge on any atom is 0.498 e. The molecule has 122 valence electrons. The molecule has 7 nitrogen and oxygen atoms in total. The summed E-state index contributed by atoms with van der Waals surface area (Å²) >= 11 is 0. The van der Waals surface area contributed by atoms with E-state index in [0.717, 1.165) is 0 Å². The fourth-order valence-electron chi connectivity index (χ4n) is 2.49. The Morgan fingerprint density at radius 3 is 2.35 bits per heavy atom. The van der Waals surface area contributed by atoms with E-state index < -0.39 is 30.0 Å². The number of fused-ring (bicyclic) bond motifs is 1. The number of ether oxygens (including phenoxy) is 1. The smallest absolute Gasteiger partial charge is 0.465 e. The summed E-state index contributed by atoms with van der Waals surface area (Å²) in [4.78, 5) is 26.0. The third kappa shape index (κ3) is 2.38. The van der Waals surface area contributed by atoms with Gasteiger partial charge < -0.3 is 18.5 Å². The molecule has 1 aromatic carbocycles. The number of aromatic amines is 1. The number of hydrogen-bond donors (Lipinski definition) is 1. The first-order valence-corrected chi connectivity index (χ1v) is 7.26. The number of oxazole rings is 1. The molecule has 23 heavy (non-hydrogen) atoms. The topological polar surface area (TPSA) is 90.8 Å². The Hall–Kier alpha value is -2.06. The maximum atomic E-state index is 11.8. The van der Waals surface area contributed by atoms with E-state index in [4.69, 9.17) is 18.5 Å². The van der Waals surface area contributed by atoms with E-state index in [1.54, 1.807) is 12.1 Å². The second kappa shape index (κ2) is 4.97. The number of H-pyrrole nitrogens is 1. The van der Waals surface area contributed by atoms with Crippen molar-refractivity contribution in [3.8, 4) is 0 Å². The summed E-state index contributed by atoms with van der Waals surface area (Å²) in [6, 6.07) is 3.20. The predicted octanol–water partition coefficient (Wildman–Crippen LogP) is 1.21. The van der Waals surface area contributed by atoms with Gasteiger partial charge in [0.05, 0.1) is 23.9 Å². The van der Waals surface area contributed by atoms with Crippen molar-refractivity contribution in [1.29, 1.82) is 0 Å². The molecule has 0 saturated carbocycles. The van der Waals surface area contributed by atoms with E-state index in [0.29, 0.717) is 5.46 Å². The Labute approximate surface area is 133 Å². The minimum absolute atomic E-state index is 0.216. The van der Waals surface area contributed by atoms with Gasteiger partial charge in [0.15, 0.2) is 5.58 Å². The summed E-state index contributed by atoms with van der Waals surface area (Å²) in [5.41, 5.74) is 0.215. The molecule has 0 atom stereocenters. The predicted molar refractivity (Wildman–Crippen MR) is 83.9 cm³/mol. The molecule has 1 N–H and O–H groups in total. The molecule has 2 heterocycles. The Bertz CT molecular complexity index is 818. The molecule has 0 radical (unpaired) electrons.